The second kappa shape index (κ2) is 6.83. The lowest BCUT2D eigenvalue weighted by Crippen LogP contribution is -2.16. The minimum Gasteiger partial charge on any atom is -0.487 e. The molecule has 2 aromatic rings. The summed E-state index contributed by atoms with van der Waals surface area (Å²) in [6.45, 7) is 4.12. The van der Waals surface area contributed by atoms with Gasteiger partial charge in [0, 0.05) is 22.9 Å². The number of ether oxygens (including phenoxy) is 1. The van der Waals surface area contributed by atoms with Gasteiger partial charge in [-0.05, 0) is 43.2 Å². The van der Waals surface area contributed by atoms with E-state index in [0.717, 1.165) is 16.7 Å². The van der Waals surface area contributed by atoms with Gasteiger partial charge in [0.1, 0.15) is 12.4 Å². The Labute approximate surface area is 133 Å². The molecule has 0 aliphatic heterocycles. The van der Waals surface area contributed by atoms with Crippen molar-refractivity contribution in [1.29, 1.82) is 0 Å². The van der Waals surface area contributed by atoms with Crippen LogP contribution in [0.3, 0.4) is 0 Å². The smallest absolute Gasteiger partial charge is 0.266 e. The summed E-state index contributed by atoms with van der Waals surface area (Å²) in [5, 5.41) is 0.548. The third-order valence-electron chi connectivity index (χ3n) is 3.20. The average molecular weight is 324 g/mol. The normalized spacial score (nSPS) is 10.3. The van der Waals surface area contributed by atoms with E-state index in [4.69, 9.17) is 28.1 Å². The number of carbonyl (C=O) groups excluding carboxylic acids is 1. The van der Waals surface area contributed by atoms with Crippen LogP contribution in [0.4, 0.5) is 0 Å². The minimum absolute atomic E-state index is 0.245. The molecule has 110 valence electrons. The minimum atomic E-state index is -0.353. The fourth-order valence-corrected chi connectivity index (χ4v) is 2.42. The highest BCUT2D eigenvalue weighted by molar-refractivity contribution is 6.32. The van der Waals surface area contributed by atoms with Crippen LogP contribution < -0.4 is 9.57 Å². The third-order valence-corrected chi connectivity index (χ3v) is 3.67. The van der Waals surface area contributed by atoms with E-state index in [1.165, 1.54) is 0 Å². The Bertz CT molecular complexity index is 671. The summed E-state index contributed by atoms with van der Waals surface area (Å²) >= 11 is 11.5. The number of halogens is 2. The predicted molar refractivity (Wildman–Crippen MR) is 85.0 cm³/mol. The van der Waals surface area contributed by atoms with Crippen molar-refractivity contribution >= 4 is 29.3 Å². The van der Waals surface area contributed by atoms with E-state index < -0.39 is 0 Å². The van der Waals surface area contributed by atoms with Crippen LogP contribution in [0, 0.1) is 13.8 Å². The average Bonchev–Trinajstić information content (AvgIpc) is 2.46. The molecule has 2 aromatic carbocycles. The van der Waals surface area contributed by atoms with Crippen molar-refractivity contribution in [3.05, 3.63) is 63.7 Å². The molecule has 0 fully saturated rings. The highest BCUT2D eigenvalue weighted by Gasteiger charge is 2.13. The van der Waals surface area contributed by atoms with E-state index in [2.05, 4.69) is 4.84 Å². The number of hydrogen-bond donors (Lipinski definition) is 1. The van der Waals surface area contributed by atoms with Crippen molar-refractivity contribution in [1.82, 2.24) is 4.84 Å². The Morgan fingerprint density at radius 1 is 1.24 bits per heavy atom. The zero-order chi connectivity index (χ0) is 15.4. The molecule has 5 heteroatoms. The zero-order valence-corrected chi connectivity index (χ0v) is 13.3. The summed E-state index contributed by atoms with van der Waals surface area (Å²) in [6, 6.07) is 11.0. The van der Waals surface area contributed by atoms with E-state index >= 15 is 0 Å². The number of nitrogens with one attached hydrogen (secondary N) is 1. The number of hydrogen-bond acceptors (Lipinski definition) is 2. The molecule has 0 unspecified atom stereocenters. The SMILES string of the molecule is Cc1ccc(OCc2c(C)cccc2C(=O)NCl)c(Cl)c1. The molecule has 1 N–H and O–H groups in total. The van der Waals surface area contributed by atoms with E-state index in [0.29, 0.717) is 16.3 Å². The van der Waals surface area contributed by atoms with Gasteiger partial charge in [0.15, 0.2) is 0 Å². The van der Waals surface area contributed by atoms with Gasteiger partial charge in [-0.1, -0.05) is 29.8 Å². The van der Waals surface area contributed by atoms with Gasteiger partial charge in [0.2, 0.25) is 0 Å². The summed E-state index contributed by atoms with van der Waals surface area (Å²) in [5.74, 6) is 0.233. The van der Waals surface area contributed by atoms with Gasteiger partial charge < -0.3 is 4.74 Å². The molecule has 21 heavy (non-hydrogen) atoms. The summed E-state index contributed by atoms with van der Waals surface area (Å²) in [6.07, 6.45) is 0. The van der Waals surface area contributed by atoms with Crippen molar-refractivity contribution in [3.8, 4) is 5.75 Å². The lowest BCUT2D eigenvalue weighted by atomic mass is 10.0. The Balaban J connectivity index is 2.25. The fourth-order valence-electron chi connectivity index (χ4n) is 2.03. The van der Waals surface area contributed by atoms with Crippen molar-refractivity contribution in [2.45, 2.75) is 20.5 Å². The summed E-state index contributed by atoms with van der Waals surface area (Å²) in [5.41, 5.74) is 3.29. The number of benzene rings is 2. The second-order valence-electron chi connectivity index (χ2n) is 4.75. The Morgan fingerprint density at radius 3 is 2.67 bits per heavy atom. The topological polar surface area (TPSA) is 38.3 Å². The van der Waals surface area contributed by atoms with Crippen LogP contribution in [-0.2, 0) is 6.61 Å². The van der Waals surface area contributed by atoms with E-state index in [9.17, 15) is 4.79 Å². The van der Waals surface area contributed by atoms with Gasteiger partial charge in [-0.3, -0.25) is 9.63 Å². The monoisotopic (exact) mass is 323 g/mol. The maximum absolute atomic E-state index is 11.8. The molecule has 0 atom stereocenters. The molecule has 0 saturated heterocycles. The van der Waals surface area contributed by atoms with Gasteiger partial charge in [-0.2, -0.15) is 0 Å². The van der Waals surface area contributed by atoms with Crippen LogP contribution in [0.2, 0.25) is 5.02 Å². The van der Waals surface area contributed by atoms with E-state index in [-0.39, 0.29) is 12.5 Å². The third kappa shape index (κ3) is 3.69. The summed E-state index contributed by atoms with van der Waals surface area (Å²) in [4.78, 5) is 13.9. The molecule has 0 aromatic heterocycles. The van der Waals surface area contributed by atoms with Gasteiger partial charge in [0.25, 0.3) is 5.91 Å². The quantitative estimate of drug-likeness (QED) is 0.846. The van der Waals surface area contributed by atoms with Crippen molar-refractivity contribution in [2.75, 3.05) is 0 Å². The molecule has 0 heterocycles. The Morgan fingerprint density at radius 2 is 2.00 bits per heavy atom. The number of aryl methyl sites for hydroxylation is 2. The van der Waals surface area contributed by atoms with Gasteiger partial charge >= 0.3 is 0 Å². The molecule has 3 nitrogen and oxygen atoms in total. The number of rotatable bonds is 4. The molecular formula is C16H15Cl2NO2. The van der Waals surface area contributed by atoms with Crippen molar-refractivity contribution < 1.29 is 9.53 Å². The van der Waals surface area contributed by atoms with Crippen molar-refractivity contribution in [2.24, 2.45) is 0 Å². The lowest BCUT2D eigenvalue weighted by molar-refractivity contribution is 0.0979. The van der Waals surface area contributed by atoms with Gasteiger partial charge in [-0.15, -0.1) is 0 Å². The largest absolute Gasteiger partial charge is 0.487 e. The Hall–Kier alpha value is -1.71. The second-order valence-corrected chi connectivity index (χ2v) is 5.34. The van der Waals surface area contributed by atoms with Crippen LogP contribution in [-0.4, -0.2) is 5.91 Å². The first-order valence-corrected chi connectivity index (χ1v) is 7.17. The number of amides is 1. The van der Waals surface area contributed by atoms with E-state index in [1.54, 1.807) is 12.1 Å². The predicted octanol–water partition coefficient (Wildman–Crippen LogP) is 4.42. The van der Waals surface area contributed by atoms with Crippen LogP contribution in [0.1, 0.15) is 27.0 Å². The molecule has 0 bridgehead atoms. The maximum atomic E-state index is 11.8. The van der Waals surface area contributed by atoms with Crippen LogP contribution in [0.5, 0.6) is 5.75 Å². The molecule has 0 saturated carbocycles. The van der Waals surface area contributed by atoms with Crippen LogP contribution in [0.15, 0.2) is 36.4 Å². The van der Waals surface area contributed by atoms with Crippen molar-refractivity contribution in [3.63, 3.8) is 0 Å². The molecule has 0 aliphatic carbocycles. The summed E-state index contributed by atoms with van der Waals surface area (Å²) < 4.78 is 5.74. The first-order chi connectivity index (χ1) is 10.0. The molecule has 1 amide bonds. The van der Waals surface area contributed by atoms with Crippen LogP contribution >= 0.6 is 23.4 Å². The molecule has 0 radical (unpaired) electrons. The molecular weight excluding hydrogens is 309 g/mol. The number of carbonyl (C=O) groups is 1. The summed E-state index contributed by atoms with van der Waals surface area (Å²) in [7, 11) is 0. The van der Waals surface area contributed by atoms with Gasteiger partial charge in [-0.25, -0.2) is 0 Å². The highest BCUT2D eigenvalue weighted by atomic mass is 35.5. The standard InChI is InChI=1S/C16H15Cl2NO2/c1-10-6-7-15(14(17)8-10)21-9-13-11(2)4-3-5-12(13)16(20)19-18/h3-8H,9H2,1-2H3,(H,19,20). The van der Waals surface area contributed by atoms with Gasteiger partial charge in [0.05, 0.1) is 5.02 Å². The molecule has 2 rings (SSSR count). The molecule has 0 aliphatic rings. The highest BCUT2D eigenvalue weighted by Crippen LogP contribution is 2.27. The zero-order valence-electron chi connectivity index (χ0n) is 11.7. The first kappa shape index (κ1) is 15.7. The lowest BCUT2D eigenvalue weighted by Gasteiger charge is -2.13. The maximum Gasteiger partial charge on any atom is 0.266 e. The molecule has 0 spiro atoms. The van der Waals surface area contributed by atoms with Crippen LogP contribution in [0.25, 0.3) is 0 Å². The fraction of sp³-hybridized carbons (Fsp3) is 0.188. The Kier molecular flexibility index (Phi) is 5.10. The van der Waals surface area contributed by atoms with E-state index in [1.807, 2.05) is 38.1 Å². The first-order valence-electron chi connectivity index (χ1n) is 6.41.